The zero-order valence-corrected chi connectivity index (χ0v) is 17.5. The quantitative estimate of drug-likeness (QED) is 0.612. The van der Waals surface area contributed by atoms with Gasteiger partial charge in [0.15, 0.2) is 5.65 Å². The lowest BCUT2D eigenvalue weighted by atomic mass is 10.3. The van der Waals surface area contributed by atoms with E-state index < -0.39 is 10.0 Å². The number of benzene rings is 1. The monoisotopic (exact) mass is 415 g/mol. The molecule has 0 saturated carbocycles. The van der Waals surface area contributed by atoms with Crippen molar-refractivity contribution in [3.63, 3.8) is 0 Å². The number of imidazole rings is 1. The Balaban J connectivity index is 1.62. The van der Waals surface area contributed by atoms with Gasteiger partial charge in [0, 0.05) is 38.1 Å². The summed E-state index contributed by atoms with van der Waals surface area (Å²) in [5.41, 5.74) is 2.62. The first-order chi connectivity index (χ1) is 14.0. The molecule has 0 amide bonds. The molecule has 0 atom stereocenters. The first-order valence-electron chi connectivity index (χ1n) is 9.69. The van der Waals surface area contributed by atoms with Crippen molar-refractivity contribution in [1.29, 1.82) is 0 Å². The number of fused-ring (bicyclic) bond motifs is 1. The largest absolute Gasteiger partial charge is 0.494 e. The molecule has 1 saturated heterocycles. The average molecular weight is 416 g/mol. The minimum absolute atomic E-state index is 0.500. The molecule has 0 radical (unpaired) electrons. The van der Waals surface area contributed by atoms with Crippen LogP contribution in [0.15, 0.2) is 42.6 Å². The topological polar surface area (TPSA) is 80.6 Å². The molecule has 0 aliphatic carbocycles. The van der Waals surface area contributed by atoms with Gasteiger partial charge in [-0.05, 0) is 43.3 Å². The summed E-state index contributed by atoms with van der Waals surface area (Å²) in [5.74, 6) is 1.71. The van der Waals surface area contributed by atoms with Crippen LogP contribution in [0.1, 0.15) is 12.7 Å². The summed E-state index contributed by atoms with van der Waals surface area (Å²) in [5, 5.41) is 0. The molecule has 9 heteroatoms. The maximum atomic E-state index is 11.8. The number of nitrogens with zero attached hydrogens (tertiary/aromatic N) is 5. The summed E-state index contributed by atoms with van der Waals surface area (Å²) in [6.07, 6.45) is 3.03. The maximum Gasteiger partial charge on any atom is 0.211 e. The van der Waals surface area contributed by atoms with Gasteiger partial charge in [0.2, 0.25) is 10.0 Å². The van der Waals surface area contributed by atoms with Crippen LogP contribution in [0.25, 0.3) is 16.9 Å². The fraction of sp³-hybridized carbons (Fsp3) is 0.400. The molecule has 3 aromatic rings. The molecule has 1 aliphatic rings. The second-order valence-electron chi connectivity index (χ2n) is 7.07. The van der Waals surface area contributed by atoms with Crippen molar-refractivity contribution < 1.29 is 13.2 Å². The zero-order valence-electron chi connectivity index (χ0n) is 16.7. The van der Waals surface area contributed by atoms with Crippen LogP contribution in [0.2, 0.25) is 0 Å². The van der Waals surface area contributed by atoms with E-state index in [1.54, 1.807) is 6.20 Å². The third-order valence-corrected chi connectivity index (χ3v) is 6.36. The van der Waals surface area contributed by atoms with Gasteiger partial charge in [0.1, 0.15) is 17.1 Å². The molecule has 4 rings (SSSR count). The molecule has 8 nitrogen and oxygen atoms in total. The lowest BCUT2D eigenvalue weighted by molar-refractivity contribution is 0.178. The van der Waals surface area contributed by atoms with Crippen LogP contribution >= 0.6 is 0 Å². The van der Waals surface area contributed by atoms with Gasteiger partial charge in [-0.2, -0.15) is 4.31 Å². The standard InChI is InChI=1S/C20H25N5O3S/c1-3-28-17-8-6-16(7-9-17)25-19(22-18-5-4-10-21-20(18)25)15-23-11-13-24(14-12-23)29(2,26)27/h4-10H,3,11-15H2,1-2H3. The van der Waals surface area contributed by atoms with Crippen LogP contribution in [-0.4, -0.2) is 71.2 Å². The van der Waals surface area contributed by atoms with Crippen LogP contribution in [0.4, 0.5) is 0 Å². The number of aromatic nitrogens is 3. The number of hydrogen-bond acceptors (Lipinski definition) is 6. The van der Waals surface area contributed by atoms with E-state index >= 15 is 0 Å². The molecule has 0 bridgehead atoms. The molecule has 154 valence electrons. The van der Waals surface area contributed by atoms with Crippen molar-refractivity contribution in [2.45, 2.75) is 13.5 Å². The van der Waals surface area contributed by atoms with Gasteiger partial charge in [-0.1, -0.05) is 0 Å². The fourth-order valence-corrected chi connectivity index (χ4v) is 4.44. The zero-order chi connectivity index (χ0) is 20.4. The molecule has 1 aliphatic heterocycles. The highest BCUT2D eigenvalue weighted by Crippen LogP contribution is 2.23. The van der Waals surface area contributed by atoms with Crippen molar-refractivity contribution in [2.75, 3.05) is 39.0 Å². The fourth-order valence-electron chi connectivity index (χ4n) is 3.61. The first kappa shape index (κ1) is 19.8. The number of sulfonamides is 1. The average Bonchev–Trinajstić information content (AvgIpc) is 3.06. The van der Waals surface area contributed by atoms with Crippen LogP contribution in [0.3, 0.4) is 0 Å². The van der Waals surface area contributed by atoms with E-state index in [4.69, 9.17) is 9.72 Å². The molecule has 29 heavy (non-hydrogen) atoms. The summed E-state index contributed by atoms with van der Waals surface area (Å²) in [4.78, 5) is 11.6. The number of rotatable bonds is 6. The SMILES string of the molecule is CCOc1ccc(-n2c(CN3CCN(S(C)(=O)=O)CC3)nc3cccnc32)cc1. The Labute approximate surface area is 170 Å². The highest BCUT2D eigenvalue weighted by Gasteiger charge is 2.25. The minimum Gasteiger partial charge on any atom is -0.494 e. The van der Waals surface area contributed by atoms with Crippen LogP contribution < -0.4 is 4.74 Å². The maximum absolute atomic E-state index is 11.8. The van der Waals surface area contributed by atoms with Crippen molar-refractivity contribution in [2.24, 2.45) is 0 Å². The third-order valence-electron chi connectivity index (χ3n) is 5.06. The van der Waals surface area contributed by atoms with Crippen LogP contribution in [-0.2, 0) is 16.6 Å². The lowest BCUT2D eigenvalue weighted by Crippen LogP contribution is -2.48. The minimum atomic E-state index is -3.14. The molecule has 3 heterocycles. The summed E-state index contributed by atoms with van der Waals surface area (Å²) in [6, 6.07) is 11.7. The molecule has 1 aromatic carbocycles. The molecular formula is C20H25N5O3S. The Morgan fingerprint density at radius 3 is 2.45 bits per heavy atom. The smallest absolute Gasteiger partial charge is 0.211 e. The van der Waals surface area contributed by atoms with E-state index in [1.807, 2.05) is 43.3 Å². The number of hydrogen-bond donors (Lipinski definition) is 0. The van der Waals surface area contributed by atoms with Gasteiger partial charge in [0.25, 0.3) is 0 Å². The van der Waals surface area contributed by atoms with Crippen molar-refractivity contribution in [3.05, 3.63) is 48.4 Å². The molecule has 0 spiro atoms. The van der Waals surface area contributed by atoms with Gasteiger partial charge in [-0.25, -0.2) is 18.4 Å². The highest BCUT2D eigenvalue weighted by atomic mass is 32.2. The summed E-state index contributed by atoms with van der Waals surface area (Å²) >= 11 is 0. The van der Waals surface area contributed by atoms with E-state index in [1.165, 1.54) is 10.6 Å². The lowest BCUT2D eigenvalue weighted by Gasteiger charge is -2.32. The highest BCUT2D eigenvalue weighted by molar-refractivity contribution is 7.88. The number of ether oxygens (including phenoxy) is 1. The van der Waals surface area contributed by atoms with E-state index in [0.29, 0.717) is 39.3 Å². The first-order valence-corrected chi connectivity index (χ1v) is 11.5. The van der Waals surface area contributed by atoms with Gasteiger partial charge < -0.3 is 4.74 Å². The van der Waals surface area contributed by atoms with Gasteiger partial charge >= 0.3 is 0 Å². The van der Waals surface area contributed by atoms with Crippen molar-refractivity contribution in [1.82, 2.24) is 23.7 Å². The third kappa shape index (κ3) is 4.26. The second-order valence-corrected chi connectivity index (χ2v) is 9.06. The van der Waals surface area contributed by atoms with E-state index in [-0.39, 0.29) is 0 Å². The van der Waals surface area contributed by atoms with E-state index in [0.717, 1.165) is 28.4 Å². The summed E-state index contributed by atoms with van der Waals surface area (Å²) < 4.78 is 32.7. The normalized spacial score (nSPS) is 16.3. The molecule has 0 unspecified atom stereocenters. The molecular weight excluding hydrogens is 390 g/mol. The molecule has 0 N–H and O–H groups in total. The van der Waals surface area contributed by atoms with Gasteiger partial charge in [-0.3, -0.25) is 9.47 Å². The predicted octanol–water partition coefficient (Wildman–Crippen LogP) is 1.90. The number of pyridine rings is 1. The molecule has 1 fully saturated rings. The molecule has 2 aromatic heterocycles. The van der Waals surface area contributed by atoms with Crippen molar-refractivity contribution in [3.8, 4) is 11.4 Å². The predicted molar refractivity (Wildman–Crippen MR) is 112 cm³/mol. The van der Waals surface area contributed by atoms with Crippen LogP contribution in [0, 0.1) is 0 Å². The summed E-state index contributed by atoms with van der Waals surface area (Å²) in [6.45, 7) is 5.56. The Hall–Kier alpha value is -2.49. The second kappa shape index (κ2) is 8.10. The van der Waals surface area contributed by atoms with E-state index in [2.05, 4.69) is 14.5 Å². The van der Waals surface area contributed by atoms with Crippen molar-refractivity contribution >= 4 is 21.2 Å². The summed E-state index contributed by atoms with van der Waals surface area (Å²) in [7, 11) is -3.14. The van der Waals surface area contributed by atoms with Gasteiger partial charge in [-0.15, -0.1) is 0 Å². The Morgan fingerprint density at radius 2 is 1.79 bits per heavy atom. The van der Waals surface area contributed by atoms with E-state index in [9.17, 15) is 8.42 Å². The Morgan fingerprint density at radius 1 is 1.07 bits per heavy atom. The van der Waals surface area contributed by atoms with Crippen LogP contribution in [0.5, 0.6) is 5.75 Å². The Kier molecular flexibility index (Phi) is 5.53. The van der Waals surface area contributed by atoms with Gasteiger partial charge in [0.05, 0.1) is 19.4 Å². The number of piperazine rings is 1. The Bertz CT molecular complexity index is 1090.